The Morgan fingerprint density at radius 1 is 1.15 bits per heavy atom. The van der Waals surface area contributed by atoms with Gasteiger partial charge in [-0.1, -0.05) is 18.2 Å². The molecule has 0 saturated carbocycles. The molecular weight excluding hydrogens is 430 g/mol. The van der Waals surface area contributed by atoms with Gasteiger partial charge in [-0.25, -0.2) is 9.78 Å². The average molecular weight is 456 g/mol. The van der Waals surface area contributed by atoms with Crippen molar-refractivity contribution in [2.45, 2.75) is 25.8 Å². The van der Waals surface area contributed by atoms with Crippen LogP contribution in [0.3, 0.4) is 0 Å². The first kappa shape index (κ1) is 21.8. The summed E-state index contributed by atoms with van der Waals surface area (Å²) in [5, 5.41) is 13.0. The van der Waals surface area contributed by atoms with Gasteiger partial charge in [-0.3, -0.25) is 4.79 Å². The normalized spacial score (nSPS) is 12.8. The first-order valence-corrected chi connectivity index (χ1v) is 11.2. The van der Waals surface area contributed by atoms with Crippen molar-refractivity contribution in [3.63, 3.8) is 0 Å². The van der Waals surface area contributed by atoms with Crippen molar-refractivity contribution in [2.75, 3.05) is 19.4 Å². The largest absolute Gasteiger partial charge is 0.477 e. The highest BCUT2D eigenvalue weighted by atomic mass is 16.4. The molecule has 1 aliphatic rings. The number of carboxylic acids is 1. The van der Waals surface area contributed by atoms with E-state index in [1.807, 2.05) is 44.4 Å². The third-order valence-corrected chi connectivity index (χ3v) is 6.02. The van der Waals surface area contributed by atoms with Gasteiger partial charge in [0.25, 0.3) is 0 Å². The number of carboxylic acid groups (broad SMARTS) is 1. The second-order valence-electron chi connectivity index (χ2n) is 8.85. The fourth-order valence-corrected chi connectivity index (χ4v) is 4.47. The zero-order valence-corrected chi connectivity index (χ0v) is 19.1. The monoisotopic (exact) mass is 455 g/mol. The van der Waals surface area contributed by atoms with E-state index in [0.717, 1.165) is 42.7 Å². The number of aromatic nitrogens is 3. The van der Waals surface area contributed by atoms with Gasteiger partial charge in [0.05, 0.1) is 5.39 Å². The van der Waals surface area contributed by atoms with E-state index in [1.165, 1.54) is 23.5 Å². The van der Waals surface area contributed by atoms with Crippen LogP contribution in [-0.4, -0.2) is 44.6 Å². The van der Waals surface area contributed by atoms with E-state index in [9.17, 15) is 14.7 Å². The van der Waals surface area contributed by atoms with Gasteiger partial charge in [-0.15, -0.1) is 0 Å². The standard InChI is InChI=1S/C26H25N5O3/c1-30(2)14-16-5-3-8-19(11-16)28-26-27-13-21-23(32)22(25(33)34)15-31(24(21)29-26)20-10-9-17-6-4-7-18(17)12-20/h3,5,8-13,15H,4,6-7,14H2,1-2H3,(H,33,34)(H,27,28,29). The highest BCUT2D eigenvalue weighted by molar-refractivity contribution is 5.92. The van der Waals surface area contributed by atoms with Gasteiger partial charge in [0.15, 0.2) is 5.65 Å². The number of hydrogen-bond donors (Lipinski definition) is 2. The summed E-state index contributed by atoms with van der Waals surface area (Å²) in [6.45, 7) is 0.796. The highest BCUT2D eigenvalue weighted by Crippen LogP contribution is 2.26. The number of anilines is 2. The number of aromatic carboxylic acids is 1. The molecule has 2 heterocycles. The topological polar surface area (TPSA) is 100 Å². The van der Waals surface area contributed by atoms with Crippen LogP contribution in [0.1, 0.15) is 33.5 Å². The van der Waals surface area contributed by atoms with E-state index in [2.05, 4.69) is 32.3 Å². The van der Waals surface area contributed by atoms with Crippen LogP contribution in [0.15, 0.2) is 59.7 Å². The number of nitrogens with one attached hydrogen (secondary N) is 1. The zero-order valence-electron chi connectivity index (χ0n) is 19.1. The van der Waals surface area contributed by atoms with Crippen molar-refractivity contribution < 1.29 is 9.90 Å². The molecule has 5 rings (SSSR count). The Morgan fingerprint density at radius 2 is 1.97 bits per heavy atom. The molecule has 0 atom stereocenters. The quantitative estimate of drug-likeness (QED) is 0.456. The lowest BCUT2D eigenvalue weighted by atomic mass is 10.1. The Morgan fingerprint density at radius 3 is 2.76 bits per heavy atom. The van der Waals surface area contributed by atoms with Crippen LogP contribution >= 0.6 is 0 Å². The van der Waals surface area contributed by atoms with Gasteiger partial charge >= 0.3 is 5.97 Å². The molecule has 0 spiro atoms. The van der Waals surface area contributed by atoms with Gasteiger partial charge in [0.2, 0.25) is 11.4 Å². The van der Waals surface area contributed by atoms with Crippen LogP contribution in [0.4, 0.5) is 11.6 Å². The Balaban J connectivity index is 1.62. The Bertz CT molecular complexity index is 1480. The van der Waals surface area contributed by atoms with Crippen molar-refractivity contribution >= 4 is 28.6 Å². The maximum absolute atomic E-state index is 12.9. The fourth-order valence-electron chi connectivity index (χ4n) is 4.47. The molecule has 0 amide bonds. The zero-order chi connectivity index (χ0) is 23.8. The van der Waals surface area contributed by atoms with Crippen LogP contribution in [0.25, 0.3) is 16.7 Å². The molecule has 1 aliphatic carbocycles. The Labute approximate surface area is 196 Å². The van der Waals surface area contributed by atoms with E-state index >= 15 is 0 Å². The van der Waals surface area contributed by atoms with Crippen molar-refractivity contribution in [1.82, 2.24) is 19.4 Å². The summed E-state index contributed by atoms with van der Waals surface area (Å²) < 4.78 is 1.67. The number of carbonyl (C=O) groups is 1. The highest BCUT2D eigenvalue weighted by Gasteiger charge is 2.19. The maximum atomic E-state index is 12.9. The molecule has 8 nitrogen and oxygen atoms in total. The van der Waals surface area contributed by atoms with Crippen LogP contribution in [0.2, 0.25) is 0 Å². The predicted molar refractivity (Wildman–Crippen MR) is 131 cm³/mol. The average Bonchev–Trinajstić information content (AvgIpc) is 3.27. The number of benzene rings is 2. The maximum Gasteiger partial charge on any atom is 0.341 e. The molecule has 172 valence electrons. The molecule has 34 heavy (non-hydrogen) atoms. The minimum atomic E-state index is -1.28. The third kappa shape index (κ3) is 4.15. The van der Waals surface area contributed by atoms with Crippen molar-refractivity contribution in [3.05, 3.63) is 87.3 Å². The Hall–Kier alpha value is -4.04. The molecule has 0 bridgehead atoms. The summed E-state index contributed by atoms with van der Waals surface area (Å²) in [5.41, 5.74) is 4.73. The molecule has 0 aliphatic heterocycles. The van der Waals surface area contributed by atoms with Crippen LogP contribution in [-0.2, 0) is 19.4 Å². The first-order valence-electron chi connectivity index (χ1n) is 11.2. The number of aryl methyl sites for hydroxylation is 2. The second-order valence-corrected chi connectivity index (χ2v) is 8.85. The number of rotatable bonds is 6. The van der Waals surface area contributed by atoms with Gasteiger partial charge in [-0.05, 0) is 74.3 Å². The minimum absolute atomic E-state index is 0.160. The van der Waals surface area contributed by atoms with Gasteiger partial charge in [-0.2, -0.15) is 4.98 Å². The van der Waals surface area contributed by atoms with E-state index in [1.54, 1.807) is 4.57 Å². The van der Waals surface area contributed by atoms with Crippen LogP contribution in [0, 0.1) is 0 Å². The summed E-state index contributed by atoms with van der Waals surface area (Å²) in [5.74, 6) is -0.950. The molecule has 0 fully saturated rings. The van der Waals surface area contributed by atoms with Crippen molar-refractivity contribution in [1.29, 1.82) is 0 Å². The lowest BCUT2D eigenvalue weighted by molar-refractivity contribution is 0.0695. The van der Waals surface area contributed by atoms with Crippen LogP contribution in [0.5, 0.6) is 0 Å². The summed E-state index contributed by atoms with van der Waals surface area (Å²) >= 11 is 0. The molecule has 0 saturated heterocycles. The smallest absolute Gasteiger partial charge is 0.341 e. The van der Waals surface area contributed by atoms with Gasteiger partial charge in [0.1, 0.15) is 5.56 Å². The molecule has 8 heteroatoms. The second kappa shape index (κ2) is 8.72. The van der Waals surface area contributed by atoms with Crippen molar-refractivity contribution in [3.8, 4) is 5.69 Å². The van der Waals surface area contributed by atoms with E-state index in [0.29, 0.717) is 11.6 Å². The minimum Gasteiger partial charge on any atom is -0.477 e. The molecule has 2 aromatic heterocycles. The molecule has 2 aromatic carbocycles. The molecular formula is C26H25N5O3. The lowest BCUT2D eigenvalue weighted by Crippen LogP contribution is -2.19. The van der Waals surface area contributed by atoms with E-state index in [4.69, 9.17) is 0 Å². The molecule has 0 unspecified atom stereocenters. The number of fused-ring (bicyclic) bond motifs is 2. The molecule has 0 radical (unpaired) electrons. The summed E-state index contributed by atoms with van der Waals surface area (Å²) in [6.07, 6.45) is 5.89. The van der Waals surface area contributed by atoms with Gasteiger partial charge in [0, 0.05) is 30.3 Å². The summed E-state index contributed by atoms with van der Waals surface area (Å²) in [6, 6.07) is 14.0. The fraction of sp³-hybridized carbons (Fsp3) is 0.231. The van der Waals surface area contributed by atoms with Crippen molar-refractivity contribution in [2.24, 2.45) is 0 Å². The molecule has 4 aromatic rings. The van der Waals surface area contributed by atoms with Crippen LogP contribution < -0.4 is 10.7 Å². The lowest BCUT2D eigenvalue weighted by Gasteiger charge is -2.14. The SMILES string of the molecule is CN(C)Cc1cccc(Nc2ncc3c(=O)c(C(=O)O)cn(-c4ccc5c(c4)CCC5)c3n2)c1. The number of pyridine rings is 1. The first-order chi connectivity index (χ1) is 16.4. The predicted octanol–water partition coefficient (Wildman–Crippen LogP) is 3.77. The van der Waals surface area contributed by atoms with Gasteiger partial charge < -0.3 is 19.9 Å². The third-order valence-electron chi connectivity index (χ3n) is 6.02. The summed E-state index contributed by atoms with van der Waals surface area (Å²) in [4.78, 5) is 35.7. The van der Waals surface area contributed by atoms with E-state index < -0.39 is 11.4 Å². The molecule has 2 N–H and O–H groups in total. The number of nitrogens with zero attached hydrogens (tertiary/aromatic N) is 4. The summed E-state index contributed by atoms with van der Waals surface area (Å²) in [7, 11) is 4.02. The number of hydrogen-bond acceptors (Lipinski definition) is 6. The Kier molecular flexibility index (Phi) is 5.59. The van der Waals surface area contributed by atoms with E-state index in [-0.39, 0.29) is 10.9 Å².